The molecule has 2 aromatic carbocycles. The first kappa shape index (κ1) is 21.2. The zero-order chi connectivity index (χ0) is 21.5. The van der Waals surface area contributed by atoms with Gasteiger partial charge in [0.05, 0.1) is 12.4 Å². The van der Waals surface area contributed by atoms with E-state index in [1.54, 1.807) is 24.3 Å². The molecule has 6 N–H and O–H groups in total. The number of hydrogen-bond acceptors (Lipinski definition) is 5. The van der Waals surface area contributed by atoms with E-state index >= 15 is 0 Å². The lowest BCUT2D eigenvalue weighted by Gasteiger charge is -2.32. The number of nitrogen functional groups attached to an aromatic ring is 1. The molecule has 8 heteroatoms. The van der Waals surface area contributed by atoms with E-state index in [4.69, 9.17) is 21.3 Å². The smallest absolute Gasteiger partial charge is 0.243 e. The van der Waals surface area contributed by atoms with E-state index in [1.807, 2.05) is 31.2 Å². The highest BCUT2D eigenvalue weighted by Crippen LogP contribution is 2.21. The molecular formula is C22H28N6O2. The Morgan fingerprint density at radius 3 is 2.47 bits per heavy atom. The van der Waals surface area contributed by atoms with Crippen LogP contribution in [0.4, 0.5) is 11.4 Å². The number of carbonyl (C=O) groups is 1. The fraction of sp³-hybridized carbons (Fsp3) is 0.318. The van der Waals surface area contributed by atoms with Crippen LogP contribution in [0.2, 0.25) is 0 Å². The van der Waals surface area contributed by atoms with Gasteiger partial charge in [-0.3, -0.25) is 15.6 Å². The molecule has 1 aliphatic heterocycles. The molecule has 1 amide bonds. The molecule has 30 heavy (non-hydrogen) atoms. The first-order valence-electron chi connectivity index (χ1n) is 9.96. The lowest BCUT2D eigenvalue weighted by atomic mass is 10.1. The molecule has 1 fully saturated rings. The van der Waals surface area contributed by atoms with Gasteiger partial charge in [-0.2, -0.15) is 0 Å². The van der Waals surface area contributed by atoms with Crippen molar-refractivity contribution in [1.82, 2.24) is 4.90 Å². The topological polar surface area (TPSA) is 127 Å². The second-order valence-electron chi connectivity index (χ2n) is 7.31. The Morgan fingerprint density at radius 1 is 1.13 bits per heavy atom. The van der Waals surface area contributed by atoms with Crippen LogP contribution >= 0.6 is 0 Å². The van der Waals surface area contributed by atoms with Gasteiger partial charge in [-0.05, 0) is 43.3 Å². The van der Waals surface area contributed by atoms with Gasteiger partial charge in [0.15, 0.2) is 0 Å². The molecule has 0 unspecified atom stereocenters. The van der Waals surface area contributed by atoms with Crippen LogP contribution in [0.1, 0.15) is 25.3 Å². The third-order valence-electron chi connectivity index (χ3n) is 4.98. The zero-order valence-corrected chi connectivity index (χ0v) is 17.1. The van der Waals surface area contributed by atoms with Gasteiger partial charge in [-0.25, -0.2) is 0 Å². The molecule has 0 spiro atoms. The van der Waals surface area contributed by atoms with Crippen molar-refractivity contribution in [3.63, 3.8) is 0 Å². The molecule has 1 aliphatic rings. The number of nitrogens with one attached hydrogen (secondary N) is 4. The van der Waals surface area contributed by atoms with Crippen LogP contribution in [0.15, 0.2) is 48.5 Å². The molecular weight excluding hydrogens is 380 g/mol. The van der Waals surface area contributed by atoms with Crippen molar-refractivity contribution in [2.75, 3.05) is 30.3 Å². The van der Waals surface area contributed by atoms with E-state index in [1.165, 1.54) is 0 Å². The van der Waals surface area contributed by atoms with Crippen molar-refractivity contribution in [1.29, 1.82) is 10.8 Å². The average molecular weight is 409 g/mol. The number of benzene rings is 2. The summed E-state index contributed by atoms with van der Waals surface area (Å²) in [6.07, 6.45) is 1.97. The summed E-state index contributed by atoms with van der Waals surface area (Å²) < 4.78 is 6.04. The van der Waals surface area contributed by atoms with Crippen molar-refractivity contribution >= 4 is 29.0 Å². The lowest BCUT2D eigenvalue weighted by Crippen LogP contribution is -2.40. The molecule has 2 aromatic rings. The zero-order valence-electron chi connectivity index (χ0n) is 17.1. The van der Waals surface area contributed by atoms with Gasteiger partial charge in [-0.15, -0.1) is 0 Å². The maximum atomic E-state index is 12.2. The summed E-state index contributed by atoms with van der Waals surface area (Å²) >= 11 is 0. The Balaban J connectivity index is 1.44. The highest BCUT2D eigenvalue weighted by Gasteiger charge is 2.20. The van der Waals surface area contributed by atoms with E-state index in [2.05, 4.69) is 15.5 Å². The summed E-state index contributed by atoms with van der Waals surface area (Å²) in [4.78, 5) is 14.2. The SMILES string of the molecule is CC(=N)N1CCC(Oc2ccc(NCC(=O)Nc3cccc(C(=N)N)c3)cc2)CC1. The number of anilines is 2. The van der Waals surface area contributed by atoms with Crippen LogP contribution in [0.25, 0.3) is 0 Å². The quantitative estimate of drug-likeness (QED) is 0.356. The Kier molecular flexibility index (Phi) is 6.90. The second-order valence-corrected chi connectivity index (χ2v) is 7.31. The minimum absolute atomic E-state index is 0.0399. The molecule has 8 nitrogen and oxygen atoms in total. The van der Waals surface area contributed by atoms with Gasteiger partial charge in [0.2, 0.25) is 5.91 Å². The van der Waals surface area contributed by atoms with Crippen LogP contribution in [0.5, 0.6) is 5.75 Å². The molecule has 0 radical (unpaired) electrons. The summed E-state index contributed by atoms with van der Waals surface area (Å²) in [7, 11) is 0. The first-order valence-corrected chi connectivity index (χ1v) is 9.96. The number of nitrogens with two attached hydrogens (primary N) is 1. The number of amidine groups is 2. The highest BCUT2D eigenvalue weighted by atomic mass is 16.5. The molecule has 1 saturated heterocycles. The predicted molar refractivity (Wildman–Crippen MR) is 120 cm³/mol. The number of carbonyl (C=O) groups excluding carboxylic acids is 1. The van der Waals surface area contributed by atoms with Crippen molar-refractivity contribution in [3.05, 3.63) is 54.1 Å². The number of amides is 1. The molecule has 0 atom stereocenters. The fourth-order valence-electron chi connectivity index (χ4n) is 3.30. The van der Waals surface area contributed by atoms with E-state index in [0.717, 1.165) is 37.4 Å². The molecule has 0 saturated carbocycles. The van der Waals surface area contributed by atoms with Crippen LogP contribution in [0, 0.1) is 10.8 Å². The molecule has 1 heterocycles. The van der Waals surface area contributed by atoms with E-state index in [0.29, 0.717) is 17.1 Å². The fourth-order valence-corrected chi connectivity index (χ4v) is 3.30. The Morgan fingerprint density at radius 2 is 1.83 bits per heavy atom. The maximum Gasteiger partial charge on any atom is 0.243 e. The minimum atomic E-state index is -0.190. The molecule has 3 rings (SSSR count). The highest BCUT2D eigenvalue weighted by molar-refractivity contribution is 5.98. The van der Waals surface area contributed by atoms with Crippen molar-refractivity contribution in [2.24, 2.45) is 5.73 Å². The van der Waals surface area contributed by atoms with Crippen molar-refractivity contribution in [3.8, 4) is 5.75 Å². The molecule has 0 aromatic heterocycles. The van der Waals surface area contributed by atoms with Crippen molar-refractivity contribution < 1.29 is 9.53 Å². The molecule has 0 bridgehead atoms. The maximum absolute atomic E-state index is 12.2. The van der Waals surface area contributed by atoms with Gasteiger partial charge in [-0.1, -0.05) is 12.1 Å². The van der Waals surface area contributed by atoms with Gasteiger partial charge in [0, 0.05) is 42.9 Å². The number of rotatable bonds is 7. The third-order valence-corrected chi connectivity index (χ3v) is 4.98. The van der Waals surface area contributed by atoms with Gasteiger partial charge >= 0.3 is 0 Å². The monoisotopic (exact) mass is 408 g/mol. The number of hydrogen-bond donors (Lipinski definition) is 5. The number of piperidine rings is 1. The second kappa shape index (κ2) is 9.78. The summed E-state index contributed by atoms with van der Waals surface area (Å²) in [5.41, 5.74) is 7.46. The molecule has 0 aliphatic carbocycles. The number of likely N-dealkylation sites (tertiary alicyclic amines) is 1. The van der Waals surface area contributed by atoms with E-state index < -0.39 is 0 Å². The summed E-state index contributed by atoms with van der Waals surface area (Å²) in [6, 6.07) is 14.4. The number of ether oxygens (including phenoxy) is 1. The summed E-state index contributed by atoms with van der Waals surface area (Å²) in [6.45, 7) is 3.64. The Hall–Kier alpha value is -3.55. The third kappa shape index (κ3) is 5.97. The standard InChI is InChI=1S/C22H28N6O2/c1-15(23)28-11-9-20(10-12-28)30-19-7-5-17(6-8-19)26-14-21(29)27-18-4-2-3-16(13-18)22(24)25/h2-8,13,20,23,26H,9-12,14H2,1H3,(H3,24,25)(H,27,29). The van der Waals surface area contributed by atoms with E-state index in [9.17, 15) is 4.79 Å². The Bertz CT molecular complexity index is 904. The van der Waals surface area contributed by atoms with Crippen LogP contribution in [-0.2, 0) is 4.79 Å². The first-order chi connectivity index (χ1) is 14.4. The average Bonchev–Trinajstić information content (AvgIpc) is 2.74. The lowest BCUT2D eigenvalue weighted by molar-refractivity contribution is -0.114. The van der Waals surface area contributed by atoms with Gasteiger partial charge in [0.1, 0.15) is 17.7 Å². The summed E-state index contributed by atoms with van der Waals surface area (Å²) in [5.74, 6) is 1.18. The predicted octanol–water partition coefficient (Wildman–Crippen LogP) is 2.86. The minimum Gasteiger partial charge on any atom is -0.490 e. The van der Waals surface area contributed by atoms with Crippen LogP contribution < -0.4 is 21.1 Å². The Labute approximate surface area is 176 Å². The summed E-state index contributed by atoms with van der Waals surface area (Å²) in [5, 5.41) is 21.0. The largest absolute Gasteiger partial charge is 0.490 e. The number of nitrogens with zero attached hydrogens (tertiary/aromatic N) is 1. The normalized spacial score (nSPS) is 14.1. The van der Waals surface area contributed by atoms with E-state index in [-0.39, 0.29) is 24.4 Å². The van der Waals surface area contributed by atoms with Gasteiger partial charge < -0.3 is 26.0 Å². The van der Waals surface area contributed by atoms with Crippen LogP contribution in [-0.4, -0.2) is 48.2 Å². The van der Waals surface area contributed by atoms with Crippen molar-refractivity contribution in [2.45, 2.75) is 25.9 Å². The molecule has 158 valence electrons. The van der Waals surface area contributed by atoms with Crippen LogP contribution in [0.3, 0.4) is 0 Å². The van der Waals surface area contributed by atoms with Gasteiger partial charge in [0.25, 0.3) is 0 Å².